The molecule has 3 heterocycles. The normalized spacial score (nSPS) is 12.2. The molecule has 5 rings (SSSR count). The minimum absolute atomic E-state index is 0.171. The average molecular weight is 515 g/mol. The van der Waals surface area contributed by atoms with Gasteiger partial charge >= 0.3 is 0 Å². The third-order valence-corrected chi connectivity index (χ3v) is 5.82. The molecule has 0 atom stereocenters. The van der Waals surface area contributed by atoms with Crippen molar-refractivity contribution in [1.29, 1.82) is 0 Å². The molecule has 0 saturated carbocycles. The summed E-state index contributed by atoms with van der Waals surface area (Å²) in [6.45, 7) is 1.06. The number of nitrogens with one attached hydrogen (secondary N) is 2. The standard InChI is InChI=1S/C22H17BrClN5O3/c23-15-11-27-29-20(10-17(28-21(15)29)14-3-1-2-4-16(14)24)25-7-8-26-22(30)13-5-6-18-19(9-13)32-12-31-18/h1-6,9-11,25H,7-8,12H2,(H,26,30). The van der Waals surface area contributed by atoms with Crippen molar-refractivity contribution in [3.63, 3.8) is 0 Å². The van der Waals surface area contributed by atoms with E-state index < -0.39 is 0 Å². The number of hydrogen-bond acceptors (Lipinski definition) is 6. The summed E-state index contributed by atoms with van der Waals surface area (Å²) in [5, 5.41) is 11.2. The maximum Gasteiger partial charge on any atom is 0.251 e. The first kappa shape index (κ1) is 20.6. The van der Waals surface area contributed by atoms with E-state index in [4.69, 9.17) is 21.1 Å². The number of carbonyl (C=O) groups is 1. The highest BCUT2D eigenvalue weighted by Gasteiger charge is 2.16. The number of ether oxygens (including phenoxy) is 2. The molecule has 0 unspecified atom stereocenters. The first-order chi connectivity index (χ1) is 15.6. The van der Waals surface area contributed by atoms with Gasteiger partial charge in [0.1, 0.15) is 5.82 Å². The Morgan fingerprint density at radius 2 is 1.97 bits per heavy atom. The molecule has 2 N–H and O–H groups in total. The Labute approximate surface area is 196 Å². The molecule has 1 amide bonds. The van der Waals surface area contributed by atoms with Crippen molar-refractivity contribution in [3.8, 4) is 22.8 Å². The van der Waals surface area contributed by atoms with Gasteiger partial charge in [0.05, 0.1) is 16.4 Å². The molecular weight excluding hydrogens is 498 g/mol. The van der Waals surface area contributed by atoms with E-state index in [2.05, 4.69) is 36.6 Å². The Balaban J connectivity index is 1.30. The molecule has 0 bridgehead atoms. The van der Waals surface area contributed by atoms with Gasteiger partial charge in [-0.1, -0.05) is 29.8 Å². The predicted octanol–water partition coefficient (Wildman–Crippen LogP) is 4.38. The van der Waals surface area contributed by atoms with Crippen molar-refractivity contribution < 1.29 is 14.3 Å². The van der Waals surface area contributed by atoms with Crippen LogP contribution in [0.2, 0.25) is 5.02 Å². The van der Waals surface area contributed by atoms with Gasteiger partial charge < -0.3 is 20.1 Å². The highest BCUT2D eigenvalue weighted by atomic mass is 79.9. The number of fused-ring (bicyclic) bond motifs is 2. The number of benzene rings is 2. The van der Waals surface area contributed by atoms with Crippen molar-refractivity contribution in [2.75, 3.05) is 25.2 Å². The number of carbonyl (C=O) groups excluding carboxylic acids is 1. The summed E-state index contributed by atoms with van der Waals surface area (Å²) in [5.74, 6) is 1.76. The van der Waals surface area contributed by atoms with Crippen LogP contribution in [0.15, 0.2) is 59.2 Å². The molecular formula is C22H17BrClN5O3. The van der Waals surface area contributed by atoms with Gasteiger partial charge in [-0.25, -0.2) is 4.98 Å². The second kappa shape index (κ2) is 8.68. The number of nitrogens with zero attached hydrogens (tertiary/aromatic N) is 3. The van der Waals surface area contributed by atoms with Gasteiger partial charge in [0.25, 0.3) is 5.91 Å². The zero-order valence-corrected chi connectivity index (χ0v) is 19.0. The summed E-state index contributed by atoms with van der Waals surface area (Å²) >= 11 is 9.86. The smallest absolute Gasteiger partial charge is 0.251 e. The van der Waals surface area contributed by atoms with E-state index in [0.29, 0.717) is 40.8 Å². The van der Waals surface area contributed by atoms with Crippen molar-refractivity contribution in [2.45, 2.75) is 0 Å². The topological polar surface area (TPSA) is 89.8 Å². The van der Waals surface area contributed by atoms with Crippen LogP contribution < -0.4 is 20.1 Å². The SMILES string of the molecule is O=C(NCCNc1cc(-c2ccccc2Cl)nc2c(Br)cnn12)c1ccc2c(c1)OCO2. The maximum absolute atomic E-state index is 12.5. The molecule has 0 fully saturated rings. The van der Waals surface area contributed by atoms with Gasteiger partial charge in [-0.3, -0.25) is 4.79 Å². The number of hydrogen-bond donors (Lipinski definition) is 2. The minimum atomic E-state index is -0.191. The van der Waals surface area contributed by atoms with Gasteiger partial charge in [0.15, 0.2) is 17.1 Å². The van der Waals surface area contributed by atoms with Crippen LogP contribution in [0.3, 0.4) is 0 Å². The van der Waals surface area contributed by atoms with Crippen molar-refractivity contribution in [3.05, 3.63) is 69.8 Å². The second-order valence-corrected chi connectivity index (χ2v) is 8.25. The molecule has 0 aliphatic carbocycles. The molecule has 1 aliphatic heterocycles. The molecule has 162 valence electrons. The number of halogens is 2. The minimum Gasteiger partial charge on any atom is -0.454 e. The number of aromatic nitrogens is 3. The summed E-state index contributed by atoms with van der Waals surface area (Å²) < 4.78 is 13.1. The van der Waals surface area contributed by atoms with E-state index in [-0.39, 0.29) is 12.7 Å². The third-order valence-electron chi connectivity index (χ3n) is 4.93. The monoisotopic (exact) mass is 513 g/mol. The van der Waals surface area contributed by atoms with Crippen LogP contribution in [0.5, 0.6) is 11.5 Å². The van der Waals surface area contributed by atoms with E-state index in [1.807, 2.05) is 30.3 Å². The predicted molar refractivity (Wildman–Crippen MR) is 125 cm³/mol. The van der Waals surface area contributed by atoms with E-state index in [1.54, 1.807) is 28.9 Å². The zero-order chi connectivity index (χ0) is 22.1. The summed E-state index contributed by atoms with van der Waals surface area (Å²) in [6.07, 6.45) is 1.69. The van der Waals surface area contributed by atoms with E-state index in [0.717, 1.165) is 21.5 Å². The molecule has 0 spiro atoms. The van der Waals surface area contributed by atoms with Gasteiger partial charge in [0.2, 0.25) is 6.79 Å². The molecule has 2 aromatic carbocycles. The Morgan fingerprint density at radius 3 is 2.84 bits per heavy atom. The fourth-order valence-corrected chi connectivity index (χ4v) is 3.96. The lowest BCUT2D eigenvalue weighted by molar-refractivity contribution is 0.0954. The van der Waals surface area contributed by atoms with Gasteiger partial charge in [-0.15, -0.1) is 0 Å². The maximum atomic E-state index is 12.5. The largest absolute Gasteiger partial charge is 0.454 e. The Kier molecular flexibility index (Phi) is 5.59. The Hall–Kier alpha value is -3.30. The van der Waals surface area contributed by atoms with Crippen molar-refractivity contribution in [1.82, 2.24) is 19.9 Å². The van der Waals surface area contributed by atoms with Crippen LogP contribution >= 0.6 is 27.5 Å². The highest BCUT2D eigenvalue weighted by Crippen LogP contribution is 2.32. The molecule has 2 aromatic heterocycles. The van der Waals surface area contributed by atoms with E-state index >= 15 is 0 Å². The Morgan fingerprint density at radius 1 is 1.12 bits per heavy atom. The highest BCUT2D eigenvalue weighted by molar-refractivity contribution is 9.10. The molecule has 10 heteroatoms. The molecule has 8 nitrogen and oxygen atoms in total. The van der Waals surface area contributed by atoms with Crippen LogP contribution in [0.25, 0.3) is 16.9 Å². The molecule has 0 radical (unpaired) electrons. The van der Waals surface area contributed by atoms with Crippen LogP contribution in [-0.2, 0) is 0 Å². The van der Waals surface area contributed by atoms with Crippen LogP contribution in [0.4, 0.5) is 5.82 Å². The van der Waals surface area contributed by atoms with Gasteiger partial charge in [-0.2, -0.15) is 9.61 Å². The number of anilines is 1. The number of amides is 1. The summed E-state index contributed by atoms with van der Waals surface area (Å²) in [4.78, 5) is 17.2. The van der Waals surface area contributed by atoms with Crippen LogP contribution in [0, 0.1) is 0 Å². The second-order valence-electron chi connectivity index (χ2n) is 6.99. The van der Waals surface area contributed by atoms with E-state index in [1.165, 1.54) is 0 Å². The van der Waals surface area contributed by atoms with Gasteiger partial charge in [-0.05, 0) is 40.2 Å². The quantitative estimate of drug-likeness (QED) is 0.371. The molecule has 4 aromatic rings. The number of rotatable bonds is 6. The summed E-state index contributed by atoms with van der Waals surface area (Å²) in [7, 11) is 0. The molecule has 1 aliphatic rings. The van der Waals surface area contributed by atoms with Crippen LogP contribution in [0.1, 0.15) is 10.4 Å². The Bertz CT molecular complexity index is 1330. The first-order valence-electron chi connectivity index (χ1n) is 9.81. The lowest BCUT2D eigenvalue weighted by Gasteiger charge is -2.12. The summed E-state index contributed by atoms with van der Waals surface area (Å²) in [5.41, 5.74) is 2.71. The fourth-order valence-electron chi connectivity index (χ4n) is 3.38. The lowest BCUT2D eigenvalue weighted by Crippen LogP contribution is -2.29. The van der Waals surface area contributed by atoms with Crippen LogP contribution in [-0.4, -0.2) is 40.4 Å². The summed E-state index contributed by atoms with van der Waals surface area (Å²) in [6, 6.07) is 14.5. The molecule has 0 saturated heterocycles. The average Bonchev–Trinajstić information content (AvgIpc) is 3.43. The lowest BCUT2D eigenvalue weighted by atomic mass is 10.1. The van der Waals surface area contributed by atoms with Crippen molar-refractivity contribution in [2.24, 2.45) is 0 Å². The van der Waals surface area contributed by atoms with E-state index in [9.17, 15) is 4.79 Å². The fraction of sp³-hybridized carbons (Fsp3) is 0.136. The van der Waals surface area contributed by atoms with Gasteiger partial charge in [0, 0.05) is 35.3 Å². The first-order valence-corrected chi connectivity index (χ1v) is 11.0. The third kappa shape index (κ3) is 3.96. The zero-order valence-electron chi connectivity index (χ0n) is 16.6. The van der Waals surface area contributed by atoms with Crippen molar-refractivity contribution >= 4 is 44.9 Å². The molecule has 32 heavy (non-hydrogen) atoms.